The second kappa shape index (κ2) is 5.32. The van der Waals surface area contributed by atoms with Gasteiger partial charge in [-0.3, -0.25) is 0 Å². The van der Waals surface area contributed by atoms with Gasteiger partial charge in [0.1, 0.15) is 11.4 Å². The third kappa shape index (κ3) is 2.72. The monoisotopic (exact) mass is 317 g/mol. The van der Waals surface area contributed by atoms with Gasteiger partial charge in [0.05, 0.1) is 30.3 Å². The standard InChI is InChI=1S/C17H23N3O3/c1-11-9-20(10-18-11)13-8-7-12(19-14(13)21-6)15-22-16(2,3)17(4,5)23-15/h7-10,15H,1-6H3. The van der Waals surface area contributed by atoms with Crippen molar-refractivity contribution in [2.75, 3.05) is 7.11 Å². The van der Waals surface area contributed by atoms with Gasteiger partial charge < -0.3 is 18.8 Å². The molecule has 124 valence electrons. The molecule has 0 aliphatic carbocycles. The first-order chi connectivity index (χ1) is 10.7. The van der Waals surface area contributed by atoms with Crippen LogP contribution in [0.2, 0.25) is 0 Å². The zero-order valence-electron chi connectivity index (χ0n) is 14.5. The van der Waals surface area contributed by atoms with Crippen LogP contribution in [0.3, 0.4) is 0 Å². The quantitative estimate of drug-likeness (QED) is 0.870. The maximum absolute atomic E-state index is 6.04. The van der Waals surface area contributed by atoms with Crippen molar-refractivity contribution in [3.8, 4) is 11.6 Å². The van der Waals surface area contributed by atoms with E-state index in [0.29, 0.717) is 11.6 Å². The van der Waals surface area contributed by atoms with Crippen molar-refractivity contribution in [2.24, 2.45) is 0 Å². The molecule has 1 saturated heterocycles. The summed E-state index contributed by atoms with van der Waals surface area (Å²) in [7, 11) is 1.60. The molecule has 0 spiro atoms. The van der Waals surface area contributed by atoms with Gasteiger partial charge in [-0.25, -0.2) is 9.97 Å². The molecule has 0 N–H and O–H groups in total. The molecule has 1 aliphatic heterocycles. The highest BCUT2D eigenvalue weighted by atomic mass is 16.7. The Kier molecular flexibility index (Phi) is 3.69. The summed E-state index contributed by atoms with van der Waals surface area (Å²) in [5.74, 6) is 0.509. The predicted molar refractivity (Wildman–Crippen MR) is 85.7 cm³/mol. The Morgan fingerprint density at radius 3 is 2.30 bits per heavy atom. The van der Waals surface area contributed by atoms with Gasteiger partial charge >= 0.3 is 0 Å². The number of rotatable bonds is 3. The van der Waals surface area contributed by atoms with Crippen LogP contribution in [0, 0.1) is 6.92 Å². The maximum atomic E-state index is 6.04. The number of aromatic nitrogens is 3. The maximum Gasteiger partial charge on any atom is 0.238 e. The van der Waals surface area contributed by atoms with Crippen molar-refractivity contribution >= 4 is 0 Å². The lowest BCUT2D eigenvalue weighted by Gasteiger charge is -2.30. The Hall–Kier alpha value is -1.92. The molecule has 23 heavy (non-hydrogen) atoms. The van der Waals surface area contributed by atoms with E-state index in [1.165, 1.54) is 0 Å². The molecule has 0 unspecified atom stereocenters. The number of aryl methyl sites for hydroxylation is 1. The molecular weight excluding hydrogens is 294 g/mol. The van der Waals surface area contributed by atoms with E-state index in [-0.39, 0.29) is 0 Å². The SMILES string of the molecule is COc1nc(C2OC(C)(C)C(C)(C)O2)ccc1-n1cnc(C)c1. The van der Waals surface area contributed by atoms with Gasteiger partial charge in [-0.2, -0.15) is 0 Å². The number of imidazole rings is 1. The van der Waals surface area contributed by atoms with Crippen LogP contribution in [-0.2, 0) is 9.47 Å². The molecule has 0 radical (unpaired) electrons. The van der Waals surface area contributed by atoms with E-state index in [2.05, 4.69) is 9.97 Å². The Labute approximate surface area is 136 Å². The minimum Gasteiger partial charge on any atom is -0.479 e. The molecule has 0 saturated carbocycles. The Bertz CT molecular complexity index is 706. The molecule has 6 heteroatoms. The van der Waals surface area contributed by atoms with Gasteiger partial charge in [0.2, 0.25) is 12.2 Å². The van der Waals surface area contributed by atoms with Crippen LogP contribution in [-0.4, -0.2) is 32.8 Å². The molecular formula is C17H23N3O3. The van der Waals surface area contributed by atoms with Crippen molar-refractivity contribution in [3.63, 3.8) is 0 Å². The van der Waals surface area contributed by atoms with Crippen LogP contribution in [0.25, 0.3) is 5.69 Å². The Balaban J connectivity index is 1.94. The lowest BCUT2D eigenvalue weighted by Crippen LogP contribution is -2.41. The average molecular weight is 317 g/mol. The first kappa shape index (κ1) is 16.0. The molecule has 2 aromatic rings. The molecule has 6 nitrogen and oxygen atoms in total. The molecule has 0 amide bonds. The van der Waals surface area contributed by atoms with Gasteiger partial charge in [-0.15, -0.1) is 0 Å². The number of nitrogens with zero attached hydrogens (tertiary/aromatic N) is 3. The molecule has 3 heterocycles. The van der Waals surface area contributed by atoms with Crippen LogP contribution in [0.4, 0.5) is 0 Å². The minimum atomic E-state index is -0.507. The van der Waals surface area contributed by atoms with E-state index in [9.17, 15) is 0 Å². The van der Waals surface area contributed by atoms with Gasteiger partial charge in [-0.05, 0) is 46.8 Å². The Morgan fingerprint density at radius 2 is 1.78 bits per heavy atom. The zero-order valence-corrected chi connectivity index (χ0v) is 14.5. The highest BCUT2D eigenvalue weighted by Crippen LogP contribution is 2.44. The molecule has 0 bridgehead atoms. The summed E-state index contributed by atoms with van der Waals surface area (Å²) < 4.78 is 19.4. The van der Waals surface area contributed by atoms with Crippen molar-refractivity contribution < 1.29 is 14.2 Å². The fourth-order valence-corrected chi connectivity index (χ4v) is 2.44. The second-order valence-corrected chi connectivity index (χ2v) is 6.78. The van der Waals surface area contributed by atoms with E-state index >= 15 is 0 Å². The highest BCUT2D eigenvalue weighted by Gasteiger charge is 2.50. The lowest BCUT2D eigenvalue weighted by molar-refractivity contribution is -0.0925. The second-order valence-electron chi connectivity index (χ2n) is 6.78. The van der Waals surface area contributed by atoms with E-state index in [0.717, 1.165) is 11.4 Å². The lowest BCUT2D eigenvalue weighted by atomic mass is 9.90. The Morgan fingerprint density at radius 1 is 1.13 bits per heavy atom. The summed E-state index contributed by atoms with van der Waals surface area (Å²) in [5.41, 5.74) is 1.66. The average Bonchev–Trinajstić information content (AvgIpc) is 2.99. The van der Waals surface area contributed by atoms with Crippen LogP contribution in [0.1, 0.15) is 45.4 Å². The van der Waals surface area contributed by atoms with Crippen LogP contribution >= 0.6 is 0 Å². The van der Waals surface area contributed by atoms with Crippen molar-refractivity contribution in [1.82, 2.24) is 14.5 Å². The molecule has 1 fully saturated rings. The smallest absolute Gasteiger partial charge is 0.238 e. The summed E-state index contributed by atoms with van der Waals surface area (Å²) in [6.07, 6.45) is 3.16. The number of pyridine rings is 1. The summed E-state index contributed by atoms with van der Waals surface area (Å²) >= 11 is 0. The van der Waals surface area contributed by atoms with Crippen molar-refractivity contribution in [1.29, 1.82) is 0 Å². The molecule has 0 atom stereocenters. The van der Waals surface area contributed by atoms with Crippen molar-refractivity contribution in [3.05, 3.63) is 36.0 Å². The van der Waals surface area contributed by atoms with Gasteiger partial charge in [0.25, 0.3) is 0 Å². The normalized spacial score (nSPS) is 19.9. The topological polar surface area (TPSA) is 58.4 Å². The van der Waals surface area contributed by atoms with Gasteiger partial charge in [-0.1, -0.05) is 0 Å². The van der Waals surface area contributed by atoms with Gasteiger partial charge in [0, 0.05) is 6.20 Å². The zero-order chi connectivity index (χ0) is 16.8. The van der Waals surface area contributed by atoms with E-state index in [1.807, 2.05) is 57.5 Å². The third-order valence-electron chi connectivity index (χ3n) is 4.54. The third-order valence-corrected chi connectivity index (χ3v) is 4.54. The molecule has 1 aliphatic rings. The number of ether oxygens (including phenoxy) is 3. The largest absolute Gasteiger partial charge is 0.479 e. The summed E-state index contributed by atoms with van der Waals surface area (Å²) in [6.45, 7) is 10.0. The first-order valence-electron chi connectivity index (χ1n) is 7.65. The molecule has 3 rings (SSSR count). The van der Waals surface area contributed by atoms with Crippen molar-refractivity contribution in [2.45, 2.75) is 52.1 Å². The van der Waals surface area contributed by atoms with Crippen LogP contribution < -0.4 is 4.74 Å². The number of hydrogen-bond donors (Lipinski definition) is 0. The highest BCUT2D eigenvalue weighted by molar-refractivity contribution is 5.43. The molecule has 2 aromatic heterocycles. The number of methoxy groups -OCH3 is 1. The fraction of sp³-hybridized carbons (Fsp3) is 0.529. The summed E-state index contributed by atoms with van der Waals surface area (Å²) in [4.78, 5) is 8.81. The van der Waals surface area contributed by atoms with E-state index < -0.39 is 17.5 Å². The van der Waals surface area contributed by atoms with Crippen LogP contribution in [0.5, 0.6) is 5.88 Å². The molecule has 0 aromatic carbocycles. The minimum absolute atomic E-state index is 0.396. The van der Waals surface area contributed by atoms with E-state index in [1.54, 1.807) is 13.4 Å². The summed E-state index contributed by atoms with van der Waals surface area (Å²) in [6, 6.07) is 3.84. The van der Waals surface area contributed by atoms with Crippen LogP contribution in [0.15, 0.2) is 24.7 Å². The van der Waals surface area contributed by atoms with Gasteiger partial charge in [0.15, 0.2) is 0 Å². The predicted octanol–water partition coefficient (Wildman–Crippen LogP) is 3.19. The van der Waals surface area contributed by atoms with E-state index in [4.69, 9.17) is 14.2 Å². The fourth-order valence-electron chi connectivity index (χ4n) is 2.44. The summed E-state index contributed by atoms with van der Waals surface area (Å²) in [5, 5.41) is 0. The number of hydrogen-bond acceptors (Lipinski definition) is 5. The first-order valence-corrected chi connectivity index (χ1v) is 7.65.